The van der Waals surface area contributed by atoms with E-state index < -0.39 is 0 Å². The predicted molar refractivity (Wildman–Crippen MR) is 74.3 cm³/mol. The third kappa shape index (κ3) is 3.69. The van der Waals surface area contributed by atoms with Crippen LogP contribution in [-0.4, -0.2) is 18.6 Å². The zero-order chi connectivity index (χ0) is 13.5. The molecule has 0 saturated heterocycles. The summed E-state index contributed by atoms with van der Waals surface area (Å²) in [6.45, 7) is 1.05. The Morgan fingerprint density at radius 1 is 1.11 bits per heavy atom. The van der Waals surface area contributed by atoms with Crippen molar-refractivity contribution in [3.63, 3.8) is 0 Å². The minimum Gasteiger partial charge on any atom is -0.487 e. The molecule has 2 aromatic rings. The Hall–Kier alpha value is -2.07. The zero-order valence-electron chi connectivity index (χ0n) is 11.0. The molecule has 4 heteroatoms. The number of nitrogens with two attached hydrogens (primary N) is 1. The average Bonchev–Trinajstić information content (AvgIpc) is 2.47. The van der Waals surface area contributed by atoms with Crippen molar-refractivity contribution < 1.29 is 9.47 Å². The molecule has 0 radical (unpaired) electrons. The summed E-state index contributed by atoms with van der Waals surface area (Å²) in [7, 11) is 1.60. The highest BCUT2D eigenvalue weighted by molar-refractivity contribution is 5.32. The van der Waals surface area contributed by atoms with Gasteiger partial charge in [0.2, 0.25) is 5.88 Å². The molecule has 0 aliphatic heterocycles. The van der Waals surface area contributed by atoms with Gasteiger partial charge >= 0.3 is 0 Å². The van der Waals surface area contributed by atoms with Gasteiger partial charge < -0.3 is 15.2 Å². The van der Waals surface area contributed by atoms with E-state index in [1.54, 1.807) is 13.2 Å². The van der Waals surface area contributed by atoms with Crippen LogP contribution in [0.4, 0.5) is 0 Å². The van der Waals surface area contributed by atoms with Crippen LogP contribution < -0.4 is 15.2 Å². The fourth-order valence-corrected chi connectivity index (χ4v) is 1.76. The minimum absolute atomic E-state index is 0.520. The number of methoxy groups -OCH3 is 1. The van der Waals surface area contributed by atoms with E-state index in [1.165, 1.54) is 0 Å². The van der Waals surface area contributed by atoms with E-state index in [9.17, 15) is 0 Å². The first-order valence-electron chi connectivity index (χ1n) is 6.24. The maximum Gasteiger partial charge on any atom is 0.213 e. The molecule has 0 spiro atoms. The van der Waals surface area contributed by atoms with Crippen molar-refractivity contribution in [3.05, 3.63) is 53.7 Å². The number of rotatable bonds is 6. The smallest absolute Gasteiger partial charge is 0.213 e. The van der Waals surface area contributed by atoms with E-state index in [0.717, 1.165) is 17.0 Å². The molecule has 0 unspecified atom stereocenters. The first-order valence-corrected chi connectivity index (χ1v) is 6.24. The van der Waals surface area contributed by atoms with Crippen LogP contribution in [0.15, 0.2) is 42.5 Å². The molecule has 1 heterocycles. The average molecular weight is 258 g/mol. The number of aromatic nitrogens is 1. The lowest BCUT2D eigenvalue weighted by atomic mass is 10.2. The maximum atomic E-state index is 5.80. The van der Waals surface area contributed by atoms with Gasteiger partial charge in [0, 0.05) is 12.5 Å². The zero-order valence-corrected chi connectivity index (χ0v) is 11.0. The molecule has 0 fully saturated rings. The van der Waals surface area contributed by atoms with Gasteiger partial charge in [-0.3, -0.25) is 0 Å². The Morgan fingerprint density at radius 2 is 1.89 bits per heavy atom. The molecule has 19 heavy (non-hydrogen) atoms. The molecule has 2 N–H and O–H groups in total. The second kappa shape index (κ2) is 6.75. The van der Waals surface area contributed by atoms with Gasteiger partial charge in [-0.15, -0.1) is 0 Å². The Kier molecular flexibility index (Phi) is 4.75. The second-order valence-electron chi connectivity index (χ2n) is 4.11. The first-order chi connectivity index (χ1) is 9.33. The lowest BCUT2D eigenvalue weighted by molar-refractivity contribution is 0.299. The van der Waals surface area contributed by atoms with E-state index in [1.807, 2.05) is 36.4 Å². The van der Waals surface area contributed by atoms with Gasteiger partial charge in [-0.1, -0.05) is 30.3 Å². The van der Waals surface area contributed by atoms with Crippen LogP contribution in [0.3, 0.4) is 0 Å². The Labute approximate surface area is 113 Å². The van der Waals surface area contributed by atoms with Gasteiger partial charge in [-0.2, -0.15) is 0 Å². The van der Waals surface area contributed by atoms with E-state index >= 15 is 0 Å². The molecule has 4 nitrogen and oxygen atoms in total. The quantitative estimate of drug-likeness (QED) is 0.862. The molecule has 1 aromatic heterocycles. The molecule has 0 aliphatic carbocycles. The minimum atomic E-state index is 0.520. The van der Waals surface area contributed by atoms with Crippen molar-refractivity contribution in [1.29, 1.82) is 0 Å². The Bertz CT molecular complexity index is 515. The van der Waals surface area contributed by atoms with Gasteiger partial charge in [0.1, 0.15) is 12.4 Å². The van der Waals surface area contributed by atoms with Gasteiger partial charge in [-0.25, -0.2) is 4.98 Å². The molecule has 0 bridgehead atoms. The summed E-state index contributed by atoms with van der Waals surface area (Å²) < 4.78 is 10.9. The van der Waals surface area contributed by atoms with E-state index in [2.05, 4.69) is 4.98 Å². The van der Waals surface area contributed by atoms with Crippen molar-refractivity contribution in [2.24, 2.45) is 5.73 Å². The van der Waals surface area contributed by atoms with Crippen LogP contribution >= 0.6 is 0 Å². The summed E-state index contributed by atoms with van der Waals surface area (Å²) in [6.07, 6.45) is 0.668. The van der Waals surface area contributed by atoms with Crippen molar-refractivity contribution in [2.75, 3.05) is 13.7 Å². The van der Waals surface area contributed by atoms with E-state index in [4.69, 9.17) is 15.2 Å². The van der Waals surface area contributed by atoms with Gasteiger partial charge in [0.25, 0.3) is 0 Å². The van der Waals surface area contributed by atoms with Gasteiger partial charge in [0.05, 0.1) is 12.8 Å². The largest absolute Gasteiger partial charge is 0.487 e. The summed E-state index contributed by atoms with van der Waals surface area (Å²) in [5.74, 6) is 1.34. The van der Waals surface area contributed by atoms with E-state index in [-0.39, 0.29) is 0 Å². The predicted octanol–water partition coefficient (Wildman–Crippen LogP) is 2.17. The molecule has 2 rings (SSSR count). The third-order valence-electron chi connectivity index (χ3n) is 2.73. The first kappa shape index (κ1) is 13.4. The van der Waals surface area contributed by atoms with Gasteiger partial charge in [-0.05, 0) is 18.2 Å². The van der Waals surface area contributed by atoms with Crippen molar-refractivity contribution >= 4 is 0 Å². The standard InChI is InChI=1S/C15H18N2O2/c1-18-15-8-7-14(13(17-15)9-10-16)19-11-12-5-3-2-4-6-12/h2-8H,9-11,16H2,1H3. The highest BCUT2D eigenvalue weighted by atomic mass is 16.5. The van der Waals surface area contributed by atoms with Crippen LogP contribution in [0.25, 0.3) is 0 Å². The fraction of sp³-hybridized carbons (Fsp3) is 0.267. The maximum absolute atomic E-state index is 5.80. The topological polar surface area (TPSA) is 57.4 Å². The lowest BCUT2D eigenvalue weighted by Gasteiger charge is -2.11. The molecular weight excluding hydrogens is 240 g/mol. The van der Waals surface area contributed by atoms with E-state index in [0.29, 0.717) is 25.5 Å². The van der Waals surface area contributed by atoms with Crippen LogP contribution in [0.5, 0.6) is 11.6 Å². The molecule has 0 amide bonds. The van der Waals surface area contributed by atoms with Crippen LogP contribution in [0, 0.1) is 0 Å². The summed E-state index contributed by atoms with van der Waals surface area (Å²) in [5.41, 5.74) is 7.55. The van der Waals surface area contributed by atoms with Gasteiger partial charge in [0.15, 0.2) is 0 Å². The number of nitrogens with zero attached hydrogens (tertiary/aromatic N) is 1. The molecule has 0 aliphatic rings. The number of benzene rings is 1. The van der Waals surface area contributed by atoms with Crippen LogP contribution in [0.2, 0.25) is 0 Å². The second-order valence-corrected chi connectivity index (χ2v) is 4.11. The molecular formula is C15H18N2O2. The number of hydrogen-bond acceptors (Lipinski definition) is 4. The summed E-state index contributed by atoms with van der Waals surface area (Å²) in [5, 5.41) is 0. The number of pyridine rings is 1. The van der Waals surface area contributed by atoms with Crippen molar-refractivity contribution in [2.45, 2.75) is 13.0 Å². The molecule has 0 atom stereocenters. The van der Waals surface area contributed by atoms with Crippen molar-refractivity contribution in [3.8, 4) is 11.6 Å². The highest BCUT2D eigenvalue weighted by Crippen LogP contribution is 2.21. The molecule has 100 valence electrons. The number of ether oxygens (including phenoxy) is 2. The van der Waals surface area contributed by atoms with Crippen LogP contribution in [0.1, 0.15) is 11.3 Å². The normalized spacial score (nSPS) is 10.2. The Balaban J connectivity index is 2.10. The highest BCUT2D eigenvalue weighted by Gasteiger charge is 2.07. The lowest BCUT2D eigenvalue weighted by Crippen LogP contribution is -2.08. The number of hydrogen-bond donors (Lipinski definition) is 1. The summed E-state index contributed by atoms with van der Waals surface area (Å²) >= 11 is 0. The summed E-state index contributed by atoms with van der Waals surface area (Å²) in [6, 6.07) is 13.7. The monoisotopic (exact) mass is 258 g/mol. The fourth-order valence-electron chi connectivity index (χ4n) is 1.76. The Morgan fingerprint density at radius 3 is 2.58 bits per heavy atom. The van der Waals surface area contributed by atoms with Crippen molar-refractivity contribution in [1.82, 2.24) is 4.98 Å². The molecule has 1 aromatic carbocycles. The van der Waals surface area contributed by atoms with Crippen LogP contribution in [-0.2, 0) is 13.0 Å². The third-order valence-corrected chi connectivity index (χ3v) is 2.73. The summed E-state index contributed by atoms with van der Waals surface area (Å²) in [4.78, 5) is 4.37. The SMILES string of the molecule is COc1ccc(OCc2ccccc2)c(CCN)n1. The molecule has 0 saturated carbocycles.